The number of carbonyl (C=O) groups excluding carboxylic acids is 1. The molecule has 0 atom stereocenters. The van der Waals surface area contributed by atoms with Gasteiger partial charge in [0.1, 0.15) is 5.75 Å². The van der Waals surface area contributed by atoms with E-state index in [0.29, 0.717) is 19.6 Å². The quantitative estimate of drug-likeness (QED) is 0.856. The molecule has 0 saturated carbocycles. The Morgan fingerprint density at radius 1 is 1.37 bits per heavy atom. The Morgan fingerprint density at radius 3 is 2.84 bits per heavy atom. The maximum absolute atomic E-state index is 11.6. The van der Waals surface area contributed by atoms with Crippen LogP contribution in [-0.4, -0.2) is 22.7 Å². The first-order valence-electron chi connectivity index (χ1n) is 5.87. The molecule has 0 saturated heterocycles. The third kappa shape index (κ3) is 4.75. The van der Waals surface area contributed by atoms with E-state index in [1.165, 1.54) is 0 Å². The minimum absolute atomic E-state index is 0.0432. The van der Waals surface area contributed by atoms with Gasteiger partial charge in [0.2, 0.25) is 5.91 Å². The number of hydrogen-bond donors (Lipinski definition) is 2. The molecule has 1 aromatic heterocycles. The van der Waals surface area contributed by atoms with Crippen molar-refractivity contribution in [2.75, 3.05) is 6.61 Å². The molecule has 2 aromatic rings. The lowest BCUT2D eigenvalue weighted by Gasteiger charge is -2.06. The van der Waals surface area contributed by atoms with Gasteiger partial charge in [0.05, 0.1) is 19.2 Å². The zero-order valence-corrected chi connectivity index (χ0v) is 11.8. The highest BCUT2D eigenvalue weighted by Crippen LogP contribution is 2.16. The Balaban J connectivity index is 1.65. The SMILES string of the molecule is O=C(CCOc1ccc(Br)cc1)NCc1cn[nH]c1. The number of carbonyl (C=O) groups is 1. The van der Waals surface area contributed by atoms with Gasteiger partial charge >= 0.3 is 0 Å². The van der Waals surface area contributed by atoms with Crippen LogP contribution < -0.4 is 10.1 Å². The molecule has 6 heteroatoms. The van der Waals surface area contributed by atoms with Crippen LogP contribution in [0.5, 0.6) is 5.75 Å². The van der Waals surface area contributed by atoms with Gasteiger partial charge in [0.15, 0.2) is 0 Å². The topological polar surface area (TPSA) is 67.0 Å². The Hall–Kier alpha value is -1.82. The molecule has 1 aromatic carbocycles. The second-order valence-corrected chi connectivity index (χ2v) is 4.85. The van der Waals surface area contributed by atoms with Crippen LogP contribution in [0, 0.1) is 0 Å². The molecule has 0 unspecified atom stereocenters. The Kier molecular flexibility index (Phi) is 4.97. The van der Waals surface area contributed by atoms with Crippen LogP contribution in [0.1, 0.15) is 12.0 Å². The van der Waals surface area contributed by atoms with Crippen molar-refractivity contribution in [3.63, 3.8) is 0 Å². The van der Waals surface area contributed by atoms with Crippen molar-refractivity contribution >= 4 is 21.8 Å². The van der Waals surface area contributed by atoms with Crippen LogP contribution in [-0.2, 0) is 11.3 Å². The van der Waals surface area contributed by atoms with Gasteiger partial charge in [0.25, 0.3) is 0 Å². The average molecular weight is 324 g/mol. The number of amides is 1. The number of benzene rings is 1. The molecule has 1 amide bonds. The lowest BCUT2D eigenvalue weighted by atomic mass is 10.3. The van der Waals surface area contributed by atoms with E-state index in [0.717, 1.165) is 15.8 Å². The first-order chi connectivity index (χ1) is 9.24. The minimum Gasteiger partial charge on any atom is -0.493 e. The minimum atomic E-state index is -0.0432. The Bertz CT molecular complexity index is 511. The molecule has 0 fully saturated rings. The lowest BCUT2D eigenvalue weighted by Crippen LogP contribution is -2.24. The summed E-state index contributed by atoms with van der Waals surface area (Å²) in [5.74, 6) is 0.712. The molecule has 1 heterocycles. The fourth-order valence-electron chi connectivity index (χ4n) is 1.46. The largest absolute Gasteiger partial charge is 0.493 e. The van der Waals surface area contributed by atoms with Gasteiger partial charge in [-0.05, 0) is 24.3 Å². The number of aromatic amines is 1. The van der Waals surface area contributed by atoms with Crippen molar-refractivity contribution in [2.45, 2.75) is 13.0 Å². The zero-order chi connectivity index (χ0) is 13.5. The van der Waals surface area contributed by atoms with E-state index in [2.05, 4.69) is 31.4 Å². The maximum Gasteiger partial charge on any atom is 0.223 e. The summed E-state index contributed by atoms with van der Waals surface area (Å²) in [7, 11) is 0. The smallest absolute Gasteiger partial charge is 0.223 e. The molecule has 0 aliphatic rings. The molecule has 0 aliphatic heterocycles. The Labute approximate surface area is 119 Å². The van der Waals surface area contributed by atoms with Crippen molar-refractivity contribution < 1.29 is 9.53 Å². The first-order valence-corrected chi connectivity index (χ1v) is 6.66. The van der Waals surface area contributed by atoms with E-state index in [4.69, 9.17) is 4.74 Å². The summed E-state index contributed by atoms with van der Waals surface area (Å²) in [6.07, 6.45) is 3.76. The van der Waals surface area contributed by atoms with Crippen molar-refractivity contribution in [2.24, 2.45) is 0 Å². The number of ether oxygens (including phenoxy) is 1. The fourth-order valence-corrected chi connectivity index (χ4v) is 1.72. The third-order valence-electron chi connectivity index (χ3n) is 2.46. The molecule has 0 spiro atoms. The van der Waals surface area contributed by atoms with Crippen molar-refractivity contribution in [3.05, 3.63) is 46.7 Å². The monoisotopic (exact) mass is 323 g/mol. The van der Waals surface area contributed by atoms with Crippen molar-refractivity contribution in [1.82, 2.24) is 15.5 Å². The highest BCUT2D eigenvalue weighted by molar-refractivity contribution is 9.10. The van der Waals surface area contributed by atoms with Gasteiger partial charge in [-0.2, -0.15) is 5.10 Å². The molecule has 0 aliphatic carbocycles. The van der Waals surface area contributed by atoms with Crippen molar-refractivity contribution in [3.8, 4) is 5.75 Å². The van der Waals surface area contributed by atoms with Gasteiger partial charge in [-0.3, -0.25) is 9.89 Å². The summed E-state index contributed by atoms with van der Waals surface area (Å²) in [6, 6.07) is 7.50. The number of H-pyrrole nitrogens is 1. The molecule has 0 radical (unpaired) electrons. The number of nitrogens with zero attached hydrogens (tertiary/aromatic N) is 1. The predicted molar refractivity (Wildman–Crippen MR) is 74.7 cm³/mol. The van der Waals surface area contributed by atoms with Crippen molar-refractivity contribution in [1.29, 1.82) is 0 Å². The molecule has 100 valence electrons. The second-order valence-electron chi connectivity index (χ2n) is 3.94. The fraction of sp³-hybridized carbons (Fsp3) is 0.231. The first kappa shape index (κ1) is 13.6. The van der Waals surface area contributed by atoms with Gasteiger partial charge in [-0.1, -0.05) is 15.9 Å². The van der Waals surface area contributed by atoms with Crippen LogP contribution >= 0.6 is 15.9 Å². The standard InChI is InChI=1S/C13H14BrN3O2/c14-11-1-3-12(4-2-11)19-6-5-13(18)15-7-10-8-16-17-9-10/h1-4,8-9H,5-7H2,(H,15,18)(H,16,17). The number of nitrogens with one attached hydrogen (secondary N) is 2. The summed E-state index contributed by atoms with van der Waals surface area (Å²) < 4.78 is 6.47. The molecule has 2 rings (SSSR count). The van der Waals surface area contributed by atoms with Gasteiger partial charge in [-0.15, -0.1) is 0 Å². The number of rotatable bonds is 6. The summed E-state index contributed by atoms with van der Waals surface area (Å²) in [6.45, 7) is 0.840. The van der Waals surface area contributed by atoms with Gasteiger partial charge < -0.3 is 10.1 Å². The Morgan fingerprint density at radius 2 is 2.16 bits per heavy atom. The molecule has 0 bridgehead atoms. The third-order valence-corrected chi connectivity index (χ3v) is 2.98. The van der Waals surface area contributed by atoms with E-state index < -0.39 is 0 Å². The number of hydrogen-bond acceptors (Lipinski definition) is 3. The molecular formula is C13H14BrN3O2. The average Bonchev–Trinajstić information content (AvgIpc) is 2.92. The second kappa shape index (κ2) is 6.94. The molecule has 5 nitrogen and oxygen atoms in total. The number of aromatic nitrogens is 2. The van der Waals surface area contributed by atoms with Crippen LogP contribution in [0.2, 0.25) is 0 Å². The van der Waals surface area contributed by atoms with E-state index in [9.17, 15) is 4.79 Å². The zero-order valence-electron chi connectivity index (χ0n) is 10.2. The van der Waals surface area contributed by atoms with Crippen LogP contribution in [0.15, 0.2) is 41.1 Å². The number of halogens is 1. The highest BCUT2D eigenvalue weighted by atomic mass is 79.9. The molecule has 19 heavy (non-hydrogen) atoms. The normalized spacial score (nSPS) is 10.2. The predicted octanol–water partition coefficient (Wildman–Crippen LogP) is 2.26. The summed E-state index contributed by atoms with van der Waals surface area (Å²) in [4.78, 5) is 11.6. The van der Waals surface area contributed by atoms with Crippen LogP contribution in [0.25, 0.3) is 0 Å². The van der Waals surface area contributed by atoms with Gasteiger partial charge in [0, 0.05) is 22.8 Å². The maximum atomic E-state index is 11.6. The van der Waals surface area contributed by atoms with Gasteiger partial charge in [-0.25, -0.2) is 0 Å². The van der Waals surface area contributed by atoms with E-state index in [1.807, 2.05) is 24.3 Å². The summed E-state index contributed by atoms with van der Waals surface area (Å²) in [5.41, 5.74) is 0.946. The van der Waals surface area contributed by atoms with E-state index in [-0.39, 0.29) is 5.91 Å². The van der Waals surface area contributed by atoms with Crippen LogP contribution in [0.3, 0.4) is 0 Å². The van der Waals surface area contributed by atoms with E-state index in [1.54, 1.807) is 12.4 Å². The highest BCUT2D eigenvalue weighted by Gasteiger charge is 2.02. The molecular weight excluding hydrogens is 310 g/mol. The lowest BCUT2D eigenvalue weighted by molar-refractivity contribution is -0.121. The van der Waals surface area contributed by atoms with Crippen LogP contribution in [0.4, 0.5) is 0 Å². The van der Waals surface area contributed by atoms with E-state index >= 15 is 0 Å². The summed E-state index contributed by atoms with van der Waals surface area (Å²) >= 11 is 3.35. The molecule has 2 N–H and O–H groups in total. The summed E-state index contributed by atoms with van der Waals surface area (Å²) in [5, 5.41) is 9.29.